The van der Waals surface area contributed by atoms with Gasteiger partial charge in [0.2, 0.25) is 5.88 Å². The molecule has 0 amide bonds. The summed E-state index contributed by atoms with van der Waals surface area (Å²) in [7, 11) is 0. The van der Waals surface area contributed by atoms with Crippen LogP contribution in [0.5, 0.6) is 5.88 Å². The van der Waals surface area contributed by atoms with Crippen molar-refractivity contribution in [2.75, 3.05) is 0 Å². The first-order valence-electron chi connectivity index (χ1n) is 18.7. The van der Waals surface area contributed by atoms with E-state index >= 15 is 0 Å². The summed E-state index contributed by atoms with van der Waals surface area (Å²) in [5.41, 5.74) is -3.54. The van der Waals surface area contributed by atoms with Crippen molar-refractivity contribution in [2.24, 2.45) is 0 Å². The molecule has 0 N–H and O–H groups in total. The van der Waals surface area contributed by atoms with Crippen LogP contribution in [0.3, 0.4) is 0 Å². The largest absolute Gasteiger partial charge is 0.457 e. The van der Waals surface area contributed by atoms with Gasteiger partial charge in [-0.25, -0.2) is 19.6 Å². The van der Waals surface area contributed by atoms with Crippen molar-refractivity contribution in [2.45, 2.75) is 18.8 Å². The van der Waals surface area contributed by atoms with Crippen LogP contribution in [-0.2, 0) is 37.9 Å². The number of thiazole rings is 2. The normalized spacial score (nSPS) is 13.8. The molecule has 304 valence electrons. The van der Waals surface area contributed by atoms with Crippen molar-refractivity contribution in [3.8, 4) is 39.9 Å². The number of benzene rings is 4. The summed E-state index contributed by atoms with van der Waals surface area (Å²) in [4.78, 5) is 93.2. The number of nitrogens with zero attached hydrogens (tertiary/aromatic N) is 6. The fourth-order valence-corrected chi connectivity index (χ4v) is 9.32. The number of fused-ring (bicyclic) bond motifs is 5. The van der Waals surface area contributed by atoms with Crippen molar-refractivity contribution < 1.29 is 43.0 Å². The third kappa shape index (κ3) is 6.54. The van der Waals surface area contributed by atoms with Gasteiger partial charge < -0.3 is 14.2 Å². The smallest absolute Gasteiger partial charge is 0.369 e. The Balaban J connectivity index is 1.19. The molecule has 0 saturated carbocycles. The zero-order chi connectivity index (χ0) is 44.9. The molecule has 64 heavy (non-hydrogen) atoms. The van der Waals surface area contributed by atoms with Gasteiger partial charge in [0.15, 0.2) is 23.1 Å². The monoisotopic (exact) mass is 876 g/mol. The number of rotatable bonds is 8. The molecule has 2 aliphatic carbocycles. The summed E-state index contributed by atoms with van der Waals surface area (Å²) < 4.78 is 17.8. The van der Waals surface area contributed by atoms with Crippen molar-refractivity contribution in [1.82, 2.24) is 9.97 Å². The van der Waals surface area contributed by atoms with E-state index in [-0.39, 0.29) is 100 Å². The maximum atomic E-state index is 14.6. The number of nitriles is 4. The summed E-state index contributed by atoms with van der Waals surface area (Å²) in [6.45, 7) is -0.645. The fourth-order valence-electron chi connectivity index (χ4n) is 7.21. The third-order valence-corrected chi connectivity index (χ3v) is 12.5. The molecule has 2 aromatic heterocycles. The summed E-state index contributed by atoms with van der Waals surface area (Å²) in [5.74, 6) is -5.82. The van der Waals surface area contributed by atoms with Crippen LogP contribution in [0.2, 0.25) is 0 Å². The van der Waals surface area contributed by atoms with Gasteiger partial charge in [0.1, 0.15) is 58.1 Å². The molecule has 4 aromatic carbocycles. The van der Waals surface area contributed by atoms with Crippen molar-refractivity contribution in [1.29, 1.82) is 21.0 Å². The maximum Gasteiger partial charge on any atom is 0.369 e. The van der Waals surface area contributed by atoms with E-state index in [0.717, 1.165) is 40.9 Å². The van der Waals surface area contributed by atoms with E-state index in [4.69, 9.17) is 14.2 Å². The highest BCUT2D eigenvalue weighted by Gasteiger charge is 2.61. The molecular formula is C47H20N6O9S2. The molecule has 17 heteroatoms. The van der Waals surface area contributed by atoms with E-state index in [1.54, 1.807) is 60.7 Å². The number of allylic oxidation sites excluding steroid dienone is 2. The Morgan fingerprint density at radius 3 is 1.34 bits per heavy atom. The lowest BCUT2D eigenvalue weighted by Gasteiger charge is -2.31. The molecule has 0 saturated heterocycles. The molecule has 0 radical (unpaired) electrons. The van der Waals surface area contributed by atoms with Crippen LogP contribution in [0.1, 0.15) is 90.5 Å². The molecule has 0 spiro atoms. The van der Waals surface area contributed by atoms with Crippen LogP contribution < -0.4 is 4.74 Å². The highest BCUT2D eigenvalue weighted by Crippen LogP contribution is 2.52. The Morgan fingerprint density at radius 2 is 0.953 bits per heavy atom. The molecule has 0 unspecified atom stereocenters. The standard InChI is InChI=1S/C47H20N6O9S2/c48-17-25-11-29-30(12-26(25)18-49)38(55)33(37(29)54)15-35-52-43-41(63-35)42-44(53-36(64-42)16-34-39(56)31-13-27(19-50)28(20-51)14-32(31)40(34)57)62-47(43,45(58)60-21-23-7-3-1-4-8-23)46(59)61-22-24-9-5-2-6-10-24/h1-16H,21-22H2. The lowest BCUT2D eigenvalue weighted by molar-refractivity contribution is -0.184. The molecule has 0 bridgehead atoms. The van der Waals surface area contributed by atoms with Gasteiger partial charge in [0.05, 0.1) is 38.3 Å². The first-order valence-corrected chi connectivity index (χ1v) is 20.3. The molecule has 15 nitrogen and oxygen atoms in total. The zero-order valence-corrected chi connectivity index (χ0v) is 34.0. The number of carbonyl (C=O) groups is 6. The molecule has 0 fully saturated rings. The van der Waals surface area contributed by atoms with Gasteiger partial charge in [-0.15, -0.1) is 22.7 Å². The Bertz CT molecular complexity index is 3210. The Hall–Kier alpha value is -9.00. The average molecular weight is 877 g/mol. The minimum absolute atomic E-state index is 0.000859. The van der Waals surface area contributed by atoms with Gasteiger partial charge >= 0.3 is 17.5 Å². The summed E-state index contributed by atoms with van der Waals surface area (Å²) in [5, 5.41) is 38.1. The number of hydrogen-bond donors (Lipinski definition) is 0. The number of ether oxygens (including phenoxy) is 3. The third-order valence-electron chi connectivity index (χ3n) is 10.3. The van der Waals surface area contributed by atoms with Crippen LogP contribution in [0.15, 0.2) is 96.1 Å². The summed E-state index contributed by atoms with van der Waals surface area (Å²) in [6.07, 6.45) is 2.34. The Labute approximate surface area is 368 Å². The molecule has 6 aromatic rings. The van der Waals surface area contributed by atoms with Gasteiger partial charge in [0.25, 0.3) is 0 Å². The highest BCUT2D eigenvalue weighted by molar-refractivity contribution is 7.23. The molecule has 9 rings (SSSR count). The predicted molar refractivity (Wildman–Crippen MR) is 223 cm³/mol. The van der Waals surface area contributed by atoms with Gasteiger partial charge in [-0.3, -0.25) is 19.2 Å². The average Bonchev–Trinajstić information content (AvgIpc) is 4.06. The van der Waals surface area contributed by atoms with Crippen LogP contribution in [-0.4, -0.2) is 45.0 Å². The molecular weight excluding hydrogens is 857 g/mol. The number of hydrogen-bond acceptors (Lipinski definition) is 17. The van der Waals surface area contributed by atoms with Crippen molar-refractivity contribution in [3.63, 3.8) is 0 Å². The van der Waals surface area contributed by atoms with E-state index in [9.17, 15) is 49.8 Å². The zero-order valence-electron chi connectivity index (χ0n) is 32.3. The predicted octanol–water partition coefficient (Wildman–Crippen LogP) is 6.75. The minimum atomic E-state index is -2.82. The lowest BCUT2D eigenvalue weighted by atomic mass is 9.95. The SMILES string of the molecule is N#Cc1cc2c(cc1C#N)C(=O)C(=Cc1nc3c(s1)-c1sc(C=C4C(=O)c5cc(C#N)c(C#N)cc5C4=O)nc1C(C(=O)OCc1ccccc1)(C(=O)OCc1ccccc1)O3)C2=O. The lowest BCUT2D eigenvalue weighted by Crippen LogP contribution is -2.52. The van der Waals surface area contributed by atoms with E-state index in [1.807, 2.05) is 24.3 Å². The topological polar surface area (TPSA) is 251 Å². The van der Waals surface area contributed by atoms with Crippen LogP contribution in [0.4, 0.5) is 0 Å². The van der Waals surface area contributed by atoms with Gasteiger partial charge in [-0.2, -0.15) is 21.0 Å². The Kier molecular flexibility index (Phi) is 9.97. The quantitative estimate of drug-likeness (QED) is 0.0663. The highest BCUT2D eigenvalue weighted by atomic mass is 32.1. The van der Waals surface area contributed by atoms with E-state index < -0.39 is 40.7 Å². The second-order valence-electron chi connectivity index (χ2n) is 14.1. The van der Waals surface area contributed by atoms with E-state index in [0.29, 0.717) is 11.1 Å². The molecule has 1 aliphatic heterocycles. The van der Waals surface area contributed by atoms with Crippen molar-refractivity contribution in [3.05, 3.63) is 167 Å². The van der Waals surface area contributed by atoms with Gasteiger partial charge in [0, 0.05) is 22.3 Å². The molecule has 3 aliphatic rings. The van der Waals surface area contributed by atoms with Crippen LogP contribution in [0, 0.1) is 45.3 Å². The summed E-state index contributed by atoms with van der Waals surface area (Å²) >= 11 is 1.74. The second-order valence-corrected chi connectivity index (χ2v) is 16.2. The number of carbonyl (C=O) groups excluding carboxylic acids is 6. The van der Waals surface area contributed by atoms with Crippen LogP contribution in [0.25, 0.3) is 21.9 Å². The molecule has 3 heterocycles. The van der Waals surface area contributed by atoms with Gasteiger partial charge in [-0.1, -0.05) is 60.7 Å². The maximum absolute atomic E-state index is 14.6. The van der Waals surface area contributed by atoms with Crippen LogP contribution >= 0.6 is 22.7 Å². The Morgan fingerprint density at radius 1 is 0.578 bits per heavy atom. The molecule has 0 atom stereocenters. The minimum Gasteiger partial charge on any atom is -0.457 e. The number of ketones is 4. The van der Waals surface area contributed by atoms with Gasteiger partial charge in [-0.05, 0) is 47.5 Å². The number of esters is 2. The van der Waals surface area contributed by atoms with E-state index in [1.165, 1.54) is 18.2 Å². The number of aromatic nitrogens is 2. The second kappa shape index (κ2) is 15.8. The fraction of sp³-hybridized carbons (Fsp3) is 0.0638. The first kappa shape index (κ1) is 40.4. The summed E-state index contributed by atoms with van der Waals surface area (Å²) in [6, 6.07) is 29.2. The van der Waals surface area contributed by atoms with Crippen molar-refractivity contribution >= 4 is 69.9 Å². The van der Waals surface area contributed by atoms with E-state index in [2.05, 4.69) is 9.97 Å². The number of Topliss-reactive ketones (excluding diaryl/α,β-unsaturated/α-hetero) is 4. The first-order chi connectivity index (χ1) is 31.0.